The number of rotatable bonds is 7. The second kappa shape index (κ2) is 9.57. The molecule has 10 heteroatoms. The number of ether oxygens (including phenoxy) is 1. The van der Waals surface area contributed by atoms with E-state index in [1.807, 2.05) is 4.90 Å². The van der Waals surface area contributed by atoms with Crippen molar-refractivity contribution in [2.75, 3.05) is 50.1 Å². The van der Waals surface area contributed by atoms with E-state index in [0.717, 1.165) is 38.8 Å². The van der Waals surface area contributed by atoms with Gasteiger partial charge in [0.05, 0.1) is 30.8 Å². The number of carbonyl (C=O) groups excluding carboxylic acids is 2. The highest BCUT2D eigenvalue weighted by Gasteiger charge is 2.34. The maximum absolute atomic E-state index is 12.6. The highest BCUT2D eigenvalue weighted by Crippen LogP contribution is 2.34. The van der Waals surface area contributed by atoms with Crippen LogP contribution in [0.4, 0.5) is 17.1 Å². The van der Waals surface area contributed by atoms with Gasteiger partial charge in [0.25, 0.3) is 11.6 Å². The van der Waals surface area contributed by atoms with Gasteiger partial charge < -0.3 is 25.0 Å². The van der Waals surface area contributed by atoms with Gasteiger partial charge in [-0.25, -0.2) is 4.79 Å². The number of amides is 1. The molecular weight excluding hydrogens is 392 g/mol. The Morgan fingerprint density at radius 2 is 1.97 bits per heavy atom. The van der Waals surface area contributed by atoms with Crippen LogP contribution in [-0.4, -0.2) is 66.7 Å². The number of nitro groups is 1. The minimum absolute atomic E-state index is 0.00234. The van der Waals surface area contributed by atoms with Crippen LogP contribution in [0.15, 0.2) is 29.5 Å². The highest BCUT2D eigenvalue weighted by molar-refractivity contribution is 6.08. The van der Waals surface area contributed by atoms with E-state index in [9.17, 15) is 19.7 Å². The zero-order valence-corrected chi connectivity index (χ0v) is 16.9. The molecule has 1 fully saturated rings. The van der Waals surface area contributed by atoms with Crippen molar-refractivity contribution in [3.05, 3.63) is 39.6 Å². The standard InChI is InChI=1S/C20H26N4O6/c1-30-20(27)15-13-23(10-11-25)19(26)18(15)21-14-6-7-16(17(12-14)24(28)29)22-8-4-2-3-5-9-22/h6-7,12,21,25H,2-5,8-11,13H2,1H3. The Morgan fingerprint density at radius 1 is 1.27 bits per heavy atom. The number of hydrogen-bond donors (Lipinski definition) is 2. The van der Waals surface area contributed by atoms with Gasteiger partial charge in [-0.05, 0) is 25.0 Å². The lowest BCUT2D eigenvalue weighted by atomic mass is 10.2. The minimum atomic E-state index is -0.665. The molecule has 0 unspecified atom stereocenters. The van der Waals surface area contributed by atoms with Crippen molar-refractivity contribution in [1.29, 1.82) is 0 Å². The number of nitrogens with one attached hydrogen (secondary N) is 1. The SMILES string of the molecule is COC(=O)C1=C(Nc2ccc(N3CCCCCC3)c([N+](=O)[O-])c2)C(=O)N(CCO)C1. The Hall–Kier alpha value is -3.14. The van der Waals surface area contributed by atoms with Gasteiger partial charge in [-0.2, -0.15) is 0 Å². The van der Waals surface area contributed by atoms with Crippen LogP contribution < -0.4 is 10.2 Å². The van der Waals surface area contributed by atoms with Gasteiger partial charge in [0, 0.05) is 31.4 Å². The van der Waals surface area contributed by atoms with Crippen LogP contribution in [0, 0.1) is 10.1 Å². The van der Waals surface area contributed by atoms with E-state index in [4.69, 9.17) is 9.84 Å². The van der Waals surface area contributed by atoms with Crippen molar-refractivity contribution in [3.8, 4) is 0 Å². The normalized spacial score (nSPS) is 17.2. The number of hydrogen-bond acceptors (Lipinski definition) is 8. The fourth-order valence-electron chi connectivity index (χ4n) is 3.82. The fraction of sp³-hybridized carbons (Fsp3) is 0.500. The summed E-state index contributed by atoms with van der Waals surface area (Å²) < 4.78 is 4.76. The number of aliphatic hydroxyl groups excluding tert-OH is 1. The van der Waals surface area contributed by atoms with E-state index in [2.05, 4.69) is 5.32 Å². The van der Waals surface area contributed by atoms with Crippen molar-refractivity contribution >= 4 is 28.9 Å². The number of β-amino-alcohol motifs (C(OH)–C–C–N with tert-alkyl or cyclic N) is 1. The van der Waals surface area contributed by atoms with Crippen LogP contribution >= 0.6 is 0 Å². The van der Waals surface area contributed by atoms with Crippen molar-refractivity contribution < 1.29 is 24.4 Å². The number of carbonyl (C=O) groups is 2. The Morgan fingerprint density at radius 3 is 2.57 bits per heavy atom. The third-order valence-corrected chi connectivity index (χ3v) is 5.34. The lowest BCUT2D eigenvalue weighted by molar-refractivity contribution is -0.384. The molecule has 0 bridgehead atoms. The molecule has 2 aliphatic heterocycles. The van der Waals surface area contributed by atoms with E-state index in [0.29, 0.717) is 11.4 Å². The summed E-state index contributed by atoms with van der Waals surface area (Å²) in [6.45, 7) is 1.35. The Labute approximate surface area is 174 Å². The molecule has 10 nitrogen and oxygen atoms in total. The molecule has 1 aromatic rings. The van der Waals surface area contributed by atoms with Crippen molar-refractivity contribution in [2.45, 2.75) is 25.7 Å². The smallest absolute Gasteiger partial charge is 0.337 e. The minimum Gasteiger partial charge on any atom is -0.466 e. The molecule has 1 amide bonds. The van der Waals surface area contributed by atoms with E-state index < -0.39 is 16.8 Å². The first-order valence-electron chi connectivity index (χ1n) is 9.98. The van der Waals surface area contributed by atoms with Crippen LogP contribution in [0.2, 0.25) is 0 Å². The summed E-state index contributed by atoms with van der Waals surface area (Å²) in [5.41, 5.74) is 0.951. The Balaban J connectivity index is 1.91. The van der Waals surface area contributed by atoms with Crippen LogP contribution in [-0.2, 0) is 14.3 Å². The third-order valence-electron chi connectivity index (χ3n) is 5.34. The molecule has 1 saturated heterocycles. The molecule has 0 aliphatic carbocycles. The molecule has 2 N–H and O–H groups in total. The maximum atomic E-state index is 12.6. The molecule has 0 radical (unpaired) electrons. The summed E-state index contributed by atoms with van der Waals surface area (Å²) in [6, 6.07) is 4.72. The zero-order valence-electron chi connectivity index (χ0n) is 16.9. The molecule has 2 heterocycles. The van der Waals surface area contributed by atoms with E-state index in [1.165, 1.54) is 18.1 Å². The molecule has 0 saturated carbocycles. The van der Waals surface area contributed by atoms with E-state index in [-0.39, 0.29) is 36.7 Å². The Bertz CT molecular complexity index is 861. The zero-order chi connectivity index (χ0) is 21.7. The van der Waals surface area contributed by atoms with Crippen LogP contribution in [0.25, 0.3) is 0 Å². The molecular formula is C20H26N4O6. The number of methoxy groups -OCH3 is 1. The lowest BCUT2D eigenvalue weighted by Gasteiger charge is -2.22. The third kappa shape index (κ3) is 4.54. The molecule has 162 valence electrons. The van der Waals surface area contributed by atoms with Gasteiger partial charge in [-0.15, -0.1) is 0 Å². The van der Waals surface area contributed by atoms with Gasteiger partial charge >= 0.3 is 5.97 Å². The number of esters is 1. The molecule has 1 aromatic carbocycles. The first-order chi connectivity index (χ1) is 14.5. The van der Waals surface area contributed by atoms with Gasteiger partial charge in [-0.3, -0.25) is 14.9 Å². The average Bonchev–Trinajstić information content (AvgIpc) is 2.92. The highest BCUT2D eigenvalue weighted by atomic mass is 16.6. The van der Waals surface area contributed by atoms with Gasteiger partial charge in [-0.1, -0.05) is 12.8 Å². The summed E-state index contributed by atoms with van der Waals surface area (Å²) in [5, 5.41) is 23.7. The summed E-state index contributed by atoms with van der Waals surface area (Å²) >= 11 is 0. The van der Waals surface area contributed by atoms with Crippen molar-refractivity contribution in [1.82, 2.24) is 4.90 Å². The number of aliphatic hydroxyl groups is 1. The summed E-state index contributed by atoms with van der Waals surface area (Å²) in [5.74, 6) is -1.13. The van der Waals surface area contributed by atoms with Crippen molar-refractivity contribution in [3.63, 3.8) is 0 Å². The van der Waals surface area contributed by atoms with Gasteiger partial charge in [0.2, 0.25) is 0 Å². The quantitative estimate of drug-likeness (QED) is 0.389. The molecule has 0 spiro atoms. The topological polar surface area (TPSA) is 125 Å². The van der Waals surface area contributed by atoms with Crippen LogP contribution in [0.1, 0.15) is 25.7 Å². The summed E-state index contributed by atoms with van der Waals surface area (Å²) in [7, 11) is 1.22. The van der Waals surface area contributed by atoms with Gasteiger partial charge in [0.15, 0.2) is 0 Å². The molecule has 0 atom stereocenters. The lowest BCUT2D eigenvalue weighted by Crippen LogP contribution is -2.31. The van der Waals surface area contributed by atoms with E-state index in [1.54, 1.807) is 12.1 Å². The maximum Gasteiger partial charge on any atom is 0.337 e. The first kappa shape index (κ1) is 21.6. The second-order valence-corrected chi connectivity index (χ2v) is 7.28. The number of nitro benzene ring substituents is 1. The first-order valence-corrected chi connectivity index (χ1v) is 9.98. The number of nitrogens with zero attached hydrogens (tertiary/aromatic N) is 3. The molecule has 3 rings (SSSR count). The molecule has 0 aromatic heterocycles. The fourth-order valence-corrected chi connectivity index (χ4v) is 3.82. The second-order valence-electron chi connectivity index (χ2n) is 7.28. The van der Waals surface area contributed by atoms with Crippen LogP contribution in [0.3, 0.4) is 0 Å². The molecule has 2 aliphatic rings. The van der Waals surface area contributed by atoms with Crippen LogP contribution in [0.5, 0.6) is 0 Å². The van der Waals surface area contributed by atoms with Crippen molar-refractivity contribution in [2.24, 2.45) is 0 Å². The summed E-state index contributed by atoms with van der Waals surface area (Å²) in [6.07, 6.45) is 4.20. The largest absolute Gasteiger partial charge is 0.466 e. The van der Waals surface area contributed by atoms with Gasteiger partial charge in [0.1, 0.15) is 11.4 Å². The monoisotopic (exact) mass is 418 g/mol. The van der Waals surface area contributed by atoms with E-state index >= 15 is 0 Å². The Kier molecular flexibility index (Phi) is 6.88. The summed E-state index contributed by atoms with van der Waals surface area (Å²) in [4.78, 5) is 39.4. The predicted octanol–water partition coefficient (Wildman–Crippen LogP) is 1.65. The average molecular weight is 418 g/mol. The number of benzene rings is 1. The predicted molar refractivity (Wildman–Crippen MR) is 110 cm³/mol. The number of anilines is 2. The molecule has 30 heavy (non-hydrogen) atoms.